The van der Waals surface area contributed by atoms with E-state index in [2.05, 4.69) is 13.8 Å². The smallest absolute Gasteiger partial charge is 0.320 e. The predicted molar refractivity (Wildman–Crippen MR) is 72.6 cm³/mol. The average molecular weight is 260 g/mol. The maximum absolute atomic E-state index is 11.4. The fourth-order valence-corrected chi connectivity index (χ4v) is 2.00. The van der Waals surface area contributed by atoms with Gasteiger partial charge in [-0.3, -0.25) is 9.69 Å². The summed E-state index contributed by atoms with van der Waals surface area (Å²) in [6.07, 6.45) is 2.39. The number of nitrogens with two attached hydrogens (primary N) is 1. The third-order valence-electron chi connectivity index (χ3n) is 2.84. The third-order valence-corrected chi connectivity index (χ3v) is 2.84. The van der Waals surface area contributed by atoms with Crippen molar-refractivity contribution < 1.29 is 14.6 Å². The molecular weight excluding hydrogens is 232 g/mol. The lowest BCUT2D eigenvalue weighted by Crippen LogP contribution is -2.44. The number of unbranched alkanes of at least 4 members (excludes halogenated alkanes) is 1. The quantitative estimate of drug-likeness (QED) is 0.545. The minimum Gasteiger partial charge on any atom is -0.480 e. The standard InChI is InChI=1S/C13H28N2O3/c1-11(2)10-15(8-9-18-3)12(13(16)17)6-4-5-7-14/h11-12H,4-10,14H2,1-3H3,(H,16,17). The topological polar surface area (TPSA) is 75.8 Å². The fraction of sp³-hybridized carbons (Fsp3) is 0.923. The maximum atomic E-state index is 11.4. The molecule has 108 valence electrons. The number of carboxylic acids is 1. The average Bonchev–Trinajstić information content (AvgIpc) is 2.29. The van der Waals surface area contributed by atoms with Gasteiger partial charge in [-0.05, 0) is 25.3 Å². The Morgan fingerprint density at radius 1 is 1.39 bits per heavy atom. The van der Waals surface area contributed by atoms with Gasteiger partial charge in [-0.15, -0.1) is 0 Å². The minimum absolute atomic E-state index is 0.422. The van der Waals surface area contributed by atoms with Crippen molar-refractivity contribution in [2.75, 3.05) is 33.4 Å². The zero-order chi connectivity index (χ0) is 14.0. The van der Waals surface area contributed by atoms with Crippen LogP contribution in [0.5, 0.6) is 0 Å². The number of aliphatic carboxylic acids is 1. The molecule has 0 aliphatic heterocycles. The van der Waals surface area contributed by atoms with Crippen LogP contribution in [-0.4, -0.2) is 55.4 Å². The van der Waals surface area contributed by atoms with Gasteiger partial charge in [0.15, 0.2) is 0 Å². The van der Waals surface area contributed by atoms with E-state index >= 15 is 0 Å². The molecule has 0 saturated carbocycles. The van der Waals surface area contributed by atoms with Crippen molar-refractivity contribution in [2.24, 2.45) is 11.7 Å². The first kappa shape index (κ1) is 17.4. The largest absolute Gasteiger partial charge is 0.480 e. The highest BCUT2D eigenvalue weighted by Crippen LogP contribution is 2.12. The van der Waals surface area contributed by atoms with E-state index in [9.17, 15) is 9.90 Å². The van der Waals surface area contributed by atoms with E-state index in [1.807, 2.05) is 4.90 Å². The van der Waals surface area contributed by atoms with Crippen LogP contribution < -0.4 is 5.73 Å². The van der Waals surface area contributed by atoms with Crippen molar-refractivity contribution in [3.63, 3.8) is 0 Å². The SMILES string of the molecule is COCCN(CC(C)C)C(CCCCN)C(=O)O. The first-order valence-electron chi connectivity index (χ1n) is 6.68. The lowest BCUT2D eigenvalue weighted by atomic mass is 10.1. The van der Waals surface area contributed by atoms with Gasteiger partial charge in [0.25, 0.3) is 0 Å². The van der Waals surface area contributed by atoms with Crippen molar-refractivity contribution in [2.45, 2.75) is 39.2 Å². The van der Waals surface area contributed by atoms with Gasteiger partial charge in [-0.2, -0.15) is 0 Å². The summed E-state index contributed by atoms with van der Waals surface area (Å²) in [5.41, 5.74) is 5.45. The van der Waals surface area contributed by atoms with Gasteiger partial charge in [0.1, 0.15) is 6.04 Å². The number of rotatable bonds is 11. The van der Waals surface area contributed by atoms with Gasteiger partial charge >= 0.3 is 5.97 Å². The predicted octanol–water partition coefficient (Wildman–Crippen LogP) is 1.17. The molecule has 1 atom stereocenters. The molecule has 0 aliphatic rings. The number of hydrogen-bond donors (Lipinski definition) is 2. The van der Waals surface area contributed by atoms with Gasteiger partial charge in [0.2, 0.25) is 0 Å². The summed E-state index contributed by atoms with van der Waals surface area (Å²) in [6.45, 7) is 6.82. The Kier molecular flexibility index (Phi) is 9.92. The van der Waals surface area contributed by atoms with E-state index in [0.717, 1.165) is 19.4 Å². The molecule has 0 bridgehead atoms. The maximum Gasteiger partial charge on any atom is 0.320 e. The van der Waals surface area contributed by atoms with Crippen LogP contribution in [0, 0.1) is 5.92 Å². The summed E-state index contributed by atoms with van der Waals surface area (Å²) in [5.74, 6) is -0.304. The third kappa shape index (κ3) is 7.63. The summed E-state index contributed by atoms with van der Waals surface area (Å²) in [5, 5.41) is 9.34. The zero-order valence-corrected chi connectivity index (χ0v) is 11.9. The molecule has 0 aromatic heterocycles. The number of ether oxygens (including phenoxy) is 1. The van der Waals surface area contributed by atoms with E-state index in [-0.39, 0.29) is 0 Å². The van der Waals surface area contributed by atoms with Crippen molar-refractivity contribution in [1.82, 2.24) is 4.90 Å². The molecule has 0 saturated heterocycles. The van der Waals surface area contributed by atoms with Crippen LogP contribution in [0.3, 0.4) is 0 Å². The Morgan fingerprint density at radius 2 is 2.06 bits per heavy atom. The van der Waals surface area contributed by atoms with Crippen LogP contribution in [-0.2, 0) is 9.53 Å². The molecule has 1 unspecified atom stereocenters. The van der Waals surface area contributed by atoms with Crippen molar-refractivity contribution in [1.29, 1.82) is 0 Å². The van der Waals surface area contributed by atoms with Crippen LogP contribution in [0.2, 0.25) is 0 Å². The summed E-state index contributed by atoms with van der Waals surface area (Å²) in [7, 11) is 1.64. The van der Waals surface area contributed by atoms with Gasteiger partial charge < -0.3 is 15.6 Å². The van der Waals surface area contributed by atoms with E-state index in [4.69, 9.17) is 10.5 Å². The Balaban J connectivity index is 4.46. The Bertz CT molecular complexity index is 222. The van der Waals surface area contributed by atoms with Crippen molar-refractivity contribution in [3.8, 4) is 0 Å². The molecule has 0 spiro atoms. The molecule has 5 heteroatoms. The lowest BCUT2D eigenvalue weighted by molar-refractivity contribution is -0.144. The van der Waals surface area contributed by atoms with E-state index in [1.165, 1.54) is 0 Å². The molecule has 0 aromatic carbocycles. The molecule has 0 amide bonds. The Morgan fingerprint density at radius 3 is 2.50 bits per heavy atom. The second-order valence-corrected chi connectivity index (χ2v) is 5.02. The number of methoxy groups -OCH3 is 1. The summed E-state index contributed by atoms with van der Waals surface area (Å²) in [6, 6.07) is -0.422. The summed E-state index contributed by atoms with van der Waals surface area (Å²) < 4.78 is 5.05. The molecule has 3 N–H and O–H groups in total. The first-order valence-corrected chi connectivity index (χ1v) is 6.68. The highest BCUT2D eigenvalue weighted by atomic mass is 16.5. The molecule has 0 rings (SSSR count). The highest BCUT2D eigenvalue weighted by Gasteiger charge is 2.25. The van der Waals surface area contributed by atoms with Gasteiger partial charge in [0.05, 0.1) is 6.61 Å². The van der Waals surface area contributed by atoms with Gasteiger partial charge in [-0.25, -0.2) is 0 Å². The van der Waals surface area contributed by atoms with Crippen molar-refractivity contribution >= 4 is 5.97 Å². The molecule has 5 nitrogen and oxygen atoms in total. The first-order chi connectivity index (χ1) is 8.52. The van der Waals surface area contributed by atoms with Gasteiger partial charge in [0, 0.05) is 20.2 Å². The normalized spacial score (nSPS) is 13.2. The molecule has 0 fully saturated rings. The second kappa shape index (κ2) is 10.3. The van der Waals surface area contributed by atoms with Crippen LogP contribution in [0.1, 0.15) is 33.1 Å². The lowest BCUT2D eigenvalue weighted by Gasteiger charge is -2.30. The Labute approximate surface area is 110 Å². The van der Waals surface area contributed by atoms with E-state index in [0.29, 0.717) is 32.0 Å². The Hall–Kier alpha value is -0.650. The van der Waals surface area contributed by atoms with E-state index in [1.54, 1.807) is 7.11 Å². The molecule has 18 heavy (non-hydrogen) atoms. The van der Waals surface area contributed by atoms with Crippen molar-refractivity contribution in [3.05, 3.63) is 0 Å². The van der Waals surface area contributed by atoms with Gasteiger partial charge in [-0.1, -0.05) is 20.3 Å². The van der Waals surface area contributed by atoms with Crippen LogP contribution in [0.4, 0.5) is 0 Å². The van der Waals surface area contributed by atoms with Crippen LogP contribution in [0.15, 0.2) is 0 Å². The monoisotopic (exact) mass is 260 g/mol. The molecule has 0 aromatic rings. The number of hydrogen-bond acceptors (Lipinski definition) is 4. The summed E-state index contributed by atoms with van der Waals surface area (Å²) in [4.78, 5) is 13.4. The summed E-state index contributed by atoms with van der Waals surface area (Å²) >= 11 is 0. The fourth-order valence-electron chi connectivity index (χ4n) is 2.00. The molecule has 0 radical (unpaired) electrons. The second-order valence-electron chi connectivity index (χ2n) is 5.02. The minimum atomic E-state index is -0.747. The highest BCUT2D eigenvalue weighted by molar-refractivity contribution is 5.73. The molecule has 0 heterocycles. The van der Waals surface area contributed by atoms with Crippen LogP contribution >= 0.6 is 0 Å². The number of carbonyl (C=O) groups is 1. The zero-order valence-electron chi connectivity index (χ0n) is 11.9. The number of nitrogens with zero attached hydrogens (tertiary/aromatic N) is 1. The van der Waals surface area contributed by atoms with Crippen LogP contribution in [0.25, 0.3) is 0 Å². The molecular formula is C13H28N2O3. The van der Waals surface area contributed by atoms with E-state index < -0.39 is 12.0 Å². The molecule has 0 aliphatic carbocycles. The number of carboxylic acid groups (broad SMARTS) is 1.